The van der Waals surface area contributed by atoms with E-state index in [1.165, 1.54) is 12.1 Å². The van der Waals surface area contributed by atoms with Crippen LogP contribution in [0, 0.1) is 47.3 Å². The van der Waals surface area contributed by atoms with Crippen LogP contribution in [0.2, 0.25) is 0 Å². The van der Waals surface area contributed by atoms with Crippen molar-refractivity contribution in [3.63, 3.8) is 0 Å². The van der Waals surface area contributed by atoms with E-state index in [-0.39, 0.29) is 0 Å². The molecule has 2 nitrogen and oxygen atoms in total. The van der Waals surface area contributed by atoms with Crippen LogP contribution >= 0.6 is 15.9 Å². The molecule has 0 aliphatic heterocycles. The lowest BCUT2D eigenvalue weighted by Gasteiger charge is -2.32. The van der Waals surface area contributed by atoms with Crippen molar-refractivity contribution in [1.29, 1.82) is 0 Å². The molecule has 0 aromatic carbocycles. The van der Waals surface area contributed by atoms with Gasteiger partial charge in [-0.3, -0.25) is 0 Å². The average Bonchev–Trinajstić information content (AvgIpc) is 2.85. The highest BCUT2D eigenvalue weighted by molar-refractivity contribution is 9.09. The van der Waals surface area contributed by atoms with Crippen LogP contribution in [0.5, 0.6) is 0 Å². The van der Waals surface area contributed by atoms with E-state index in [0.717, 1.165) is 40.3 Å². The minimum absolute atomic E-state index is 0.674. The first-order valence-corrected chi connectivity index (χ1v) is 6.62. The molecule has 6 aliphatic rings. The van der Waals surface area contributed by atoms with Crippen molar-refractivity contribution in [2.24, 2.45) is 52.5 Å². The largest absolute Gasteiger partial charge is 0.411 e. The third-order valence-electron chi connectivity index (χ3n) is 6.16. The molecule has 0 radical (unpaired) electrons. The van der Waals surface area contributed by atoms with Gasteiger partial charge in [-0.2, -0.15) is 0 Å². The maximum absolute atomic E-state index is 9.14. The first-order valence-electron chi connectivity index (χ1n) is 5.70. The van der Waals surface area contributed by atoms with Gasteiger partial charge in [-0.15, -0.1) is 0 Å². The van der Waals surface area contributed by atoms with E-state index < -0.39 is 0 Å². The van der Waals surface area contributed by atoms with Crippen molar-refractivity contribution in [1.82, 2.24) is 0 Å². The molecule has 6 aliphatic carbocycles. The van der Waals surface area contributed by atoms with E-state index in [1.54, 1.807) is 0 Å². The lowest BCUT2D eigenvalue weighted by molar-refractivity contribution is 0.132. The fourth-order valence-corrected chi connectivity index (χ4v) is 7.79. The van der Waals surface area contributed by atoms with E-state index in [1.807, 2.05) is 0 Å². The van der Waals surface area contributed by atoms with Crippen LogP contribution in [0.1, 0.15) is 6.42 Å². The van der Waals surface area contributed by atoms with Crippen molar-refractivity contribution < 1.29 is 5.21 Å². The Bertz CT molecular complexity index is 379. The average molecular weight is 254 g/mol. The van der Waals surface area contributed by atoms with Crippen LogP contribution < -0.4 is 0 Å². The van der Waals surface area contributed by atoms with Crippen LogP contribution in [0.25, 0.3) is 0 Å². The first kappa shape index (κ1) is 7.26. The number of rotatable bonds is 0. The summed E-state index contributed by atoms with van der Waals surface area (Å²) in [4.78, 5) is 0.752. The summed E-state index contributed by atoms with van der Waals surface area (Å²) in [6, 6.07) is 0. The van der Waals surface area contributed by atoms with E-state index in [9.17, 15) is 0 Å². The van der Waals surface area contributed by atoms with Gasteiger partial charge in [0.2, 0.25) is 0 Å². The maximum atomic E-state index is 9.14. The highest BCUT2D eigenvalue weighted by atomic mass is 79.9. The SMILES string of the molecule is ON=C1[C@H]2[C@H]3[C@H](Br)[C@H]4[C@H]5C[C@@H]([C@H]1[C@H]53)[C@H]24. The van der Waals surface area contributed by atoms with Gasteiger partial charge >= 0.3 is 0 Å². The molecule has 6 saturated carbocycles. The normalized spacial score (nSPS) is 77.8. The minimum Gasteiger partial charge on any atom is -0.411 e. The fraction of sp³-hybridized carbons (Fsp3) is 0.909. The van der Waals surface area contributed by atoms with Gasteiger partial charge in [0, 0.05) is 16.7 Å². The summed E-state index contributed by atoms with van der Waals surface area (Å²) in [6.45, 7) is 0. The monoisotopic (exact) mass is 253 g/mol. The van der Waals surface area contributed by atoms with Crippen LogP contribution in [-0.2, 0) is 0 Å². The summed E-state index contributed by atoms with van der Waals surface area (Å²) in [5, 5.41) is 12.8. The van der Waals surface area contributed by atoms with Gasteiger partial charge in [-0.25, -0.2) is 0 Å². The zero-order chi connectivity index (χ0) is 9.19. The summed E-state index contributed by atoms with van der Waals surface area (Å²) in [5.74, 6) is 6.84. The third kappa shape index (κ3) is 0.427. The van der Waals surface area contributed by atoms with Gasteiger partial charge in [0.25, 0.3) is 0 Å². The number of alkyl halides is 1. The smallest absolute Gasteiger partial charge is 0.0644 e. The molecule has 6 rings (SSSR count). The quantitative estimate of drug-likeness (QED) is 0.400. The second-order valence-electron chi connectivity index (χ2n) is 5.89. The molecule has 0 aromatic rings. The Morgan fingerprint density at radius 3 is 2.57 bits per heavy atom. The van der Waals surface area contributed by atoms with Crippen molar-refractivity contribution in [3.05, 3.63) is 0 Å². The van der Waals surface area contributed by atoms with Crippen molar-refractivity contribution in [2.75, 3.05) is 0 Å². The Balaban J connectivity index is 1.85. The summed E-state index contributed by atoms with van der Waals surface area (Å²) < 4.78 is 0. The van der Waals surface area contributed by atoms with Crippen LogP contribution in [0.3, 0.4) is 0 Å². The number of halogens is 1. The van der Waals surface area contributed by atoms with Gasteiger partial charge in [-0.1, -0.05) is 21.1 Å². The highest BCUT2D eigenvalue weighted by Crippen LogP contribution is 2.82. The molecule has 0 unspecified atom stereocenters. The van der Waals surface area contributed by atoms with Crippen LogP contribution in [-0.4, -0.2) is 15.7 Å². The summed E-state index contributed by atoms with van der Waals surface area (Å²) in [6.07, 6.45) is 1.44. The van der Waals surface area contributed by atoms with Gasteiger partial charge in [0.1, 0.15) is 0 Å². The van der Waals surface area contributed by atoms with Crippen molar-refractivity contribution in [3.8, 4) is 0 Å². The van der Waals surface area contributed by atoms with E-state index in [0.29, 0.717) is 11.8 Å². The lowest BCUT2D eigenvalue weighted by atomic mass is 9.71. The summed E-state index contributed by atoms with van der Waals surface area (Å²) >= 11 is 3.91. The maximum Gasteiger partial charge on any atom is 0.0644 e. The topological polar surface area (TPSA) is 32.6 Å². The Morgan fingerprint density at radius 1 is 1.07 bits per heavy atom. The number of oxime groups is 1. The predicted molar refractivity (Wildman–Crippen MR) is 54.5 cm³/mol. The van der Waals surface area contributed by atoms with Crippen molar-refractivity contribution in [2.45, 2.75) is 11.2 Å². The van der Waals surface area contributed by atoms with Crippen molar-refractivity contribution >= 4 is 21.6 Å². The van der Waals surface area contributed by atoms with E-state index in [4.69, 9.17) is 5.21 Å². The van der Waals surface area contributed by atoms with Crippen LogP contribution in [0.4, 0.5) is 0 Å². The standard InChI is InChI=1S/C11H12BrNO/c12-10-6-2-1-3-4(6)9-8(10)5(2)7(3)11(9)13-14/h2-10,14H,1H2/t2-,3+,4-,5-,6-,7-,8-,9+,10+/m0/s1. The Labute approximate surface area is 90.9 Å². The summed E-state index contributed by atoms with van der Waals surface area (Å²) in [7, 11) is 0. The molecular formula is C11H12BrNO. The molecular weight excluding hydrogens is 242 g/mol. The van der Waals surface area contributed by atoms with Gasteiger partial charge in [0.15, 0.2) is 0 Å². The highest BCUT2D eigenvalue weighted by Gasteiger charge is 2.82. The molecule has 6 bridgehead atoms. The number of hydrogen-bond acceptors (Lipinski definition) is 2. The van der Waals surface area contributed by atoms with E-state index >= 15 is 0 Å². The molecule has 6 fully saturated rings. The predicted octanol–water partition coefficient (Wildman–Crippen LogP) is 1.97. The molecule has 3 heteroatoms. The molecule has 1 N–H and O–H groups in total. The second kappa shape index (κ2) is 1.81. The Kier molecular flexibility index (Phi) is 0.940. The summed E-state index contributed by atoms with van der Waals surface area (Å²) in [5.41, 5.74) is 1.20. The fourth-order valence-electron chi connectivity index (χ4n) is 6.36. The molecule has 14 heavy (non-hydrogen) atoms. The van der Waals surface area contributed by atoms with Gasteiger partial charge in [0.05, 0.1) is 5.71 Å². The zero-order valence-corrected chi connectivity index (χ0v) is 9.26. The first-order chi connectivity index (χ1) is 6.84. The molecule has 0 amide bonds. The molecule has 0 spiro atoms. The van der Waals surface area contributed by atoms with Gasteiger partial charge < -0.3 is 5.21 Å². The lowest BCUT2D eigenvalue weighted by Crippen LogP contribution is -2.30. The second-order valence-corrected chi connectivity index (χ2v) is 6.95. The number of nitrogens with zero attached hydrogens (tertiary/aromatic N) is 1. The molecule has 0 aromatic heterocycles. The molecule has 0 saturated heterocycles. The minimum atomic E-state index is 0.674. The number of hydrogen-bond donors (Lipinski definition) is 1. The van der Waals surface area contributed by atoms with E-state index in [2.05, 4.69) is 21.1 Å². The molecule has 9 atom stereocenters. The molecule has 0 heterocycles. The Morgan fingerprint density at radius 2 is 1.86 bits per heavy atom. The zero-order valence-electron chi connectivity index (χ0n) is 7.68. The van der Waals surface area contributed by atoms with Crippen LogP contribution in [0.15, 0.2) is 5.16 Å². The Hall–Kier alpha value is -0.0500. The van der Waals surface area contributed by atoms with Gasteiger partial charge in [-0.05, 0) is 41.9 Å². The molecule has 74 valence electrons. The third-order valence-corrected chi connectivity index (χ3v) is 7.38.